The monoisotopic (exact) mass is 350 g/mol. The van der Waals surface area contributed by atoms with Crippen LogP contribution in [0, 0.1) is 0 Å². The van der Waals surface area contributed by atoms with Gasteiger partial charge in [-0.05, 0) is 12.0 Å². The van der Waals surface area contributed by atoms with Crippen LogP contribution < -0.4 is 4.89 Å². The van der Waals surface area contributed by atoms with Crippen LogP contribution in [-0.4, -0.2) is 51.4 Å². The van der Waals surface area contributed by atoms with E-state index in [4.69, 9.17) is 14.6 Å². The molecule has 0 aromatic heterocycles. The zero-order valence-corrected chi connectivity index (χ0v) is 15.5. The number of phosphoric ester groups is 1. The number of hydrogen-bond donors (Lipinski definition) is 0. The van der Waals surface area contributed by atoms with Gasteiger partial charge in [-0.2, -0.15) is 0 Å². The summed E-state index contributed by atoms with van der Waals surface area (Å²) in [4.78, 5) is 14.3. The zero-order valence-electron chi connectivity index (χ0n) is 14.6. The van der Waals surface area contributed by atoms with Gasteiger partial charge < -0.3 is 18.4 Å². The van der Waals surface area contributed by atoms with Crippen LogP contribution in [0.1, 0.15) is 45.4 Å². The Morgan fingerprint density at radius 1 is 1.09 bits per heavy atom. The van der Waals surface area contributed by atoms with Gasteiger partial charge in [-0.1, -0.05) is 44.1 Å². The fraction of sp³-hybridized carbons (Fsp3) is 1.00. The van der Waals surface area contributed by atoms with Crippen molar-refractivity contribution in [2.45, 2.75) is 45.4 Å². The summed E-state index contributed by atoms with van der Waals surface area (Å²) in [6.07, 6.45) is 6.41. The van der Waals surface area contributed by atoms with Gasteiger partial charge in [0.1, 0.15) is 13.2 Å². The van der Waals surface area contributed by atoms with Crippen molar-refractivity contribution >= 4 is 7.82 Å². The highest BCUT2D eigenvalue weighted by Crippen LogP contribution is 2.38. The van der Waals surface area contributed by atoms with Gasteiger partial charge in [0.05, 0.1) is 33.8 Å². The molecule has 0 aromatic carbocycles. The van der Waals surface area contributed by atoms with Crippen molar-refractivity contribution in [3.8, 4) is 0 Å². The molecule has 1 atom stereocenters. The molecule has 0 aliphatic heterocycles. The van der Waals surface area contributed by atoms with Crippen molar-refractivity contribution in [2.75, 3.05) is 46.9 Å². The second-order valence-electron chi connectivity index (χ2n) is 6.22. The standard InChI is InChI=1S/C14H31N4O4P/c1-4-5-6-7-8-9-13-21-23(19,20)22-14-12-18(2,3)11-10-16-17-15/h4-14H2,1-3H3. The van der Waals surface area contributed by atoms with Crippen molar-refractivity contribution in [1.29, 1.82) is 0 Å². The molecule has 0 radical (unpaired) electrons. The Balaban J connectivity index is 3.78. The largest absolute Gasteiger partial charge is 0.756 e. The highest BCUT2D eigenvalue weighted by Gasteiger charge is 2.16. The predicted molar refractivity (Wildman–Crippen MR) is 88.7 cm³/mol. The number of azide groups is 1. The van der Waals surface area contributed by atoms with Gasteiger partial charge >= 0.3 is 0 Å². The molecule has 0 N–H and O–H groups in total. The molecule has 0 spiro atoms. The van der Waals surface area contributed by atoms with Gasteiger partial charge in [0.2, 0.25) is 0 Å². The van der Waals surface area contributed by atoms with Crippen molar-refractivity contribution in [3.63, 3.8) is 0 Å². The SMILES string of the molecule is CCCCCCCCOP(=O)([O-])OCC[N+](C)(C)CCN=[N+]=[N-]. The highest BCUT2D eigenvalue weighted by molar-refractivity contribution is 7.45. The third-order valence-corrected chi connectivity index (χ3v) is 4.56. The normalized spacial score (nSPS) is 14.3. The van der Waals surface area contributed by atoms with Gasteiger partial charge in [-0.15, -0.1) is 0 Å². The molecule has 0 heterocycles. The first-order chi connectivity index (χ1) is 10.8. The van der Waals surface area contributed by atoms with Crippen LogP contribution in [0.25, 0.3) is 10.4 Å². The molecule has 0 aromatic rings. The topological polar surface area (TPSA) is 107 Å². The van der Waals surface area contributed by atoms with Crippen molar-refractivity contribution < 1.29 is 23.0 Å². The molecule has 9 heteroatoms. The summed E-state index contributed by atoms with van der Waals surface area (Å²) in [5.74, 6) is 0. The smallest absolute Gasteiger partial charge is 0.268 e. The van der Waals surface area contributed by atoms with Crippen LogP contribution in [0.5, 0.6) is 0 Å². The molecule has 23 heavy (non-hydrogen) atoms. The Kier molecular flexibility index (Phi) is 12.4. The van der Waals surface area contributed by atoms with Crippen molar-refractivity contribution in [1.82, 2.24) is 0 Å². The van der Waals surface area contributed by atoms with Gasteiger partial charge in [0.25, 0.3) is 7.82 Å². The van der Waals surface area contributed by atoms with Gasteiger partial charge in [-0.3, -0.25) is 4.57 Å². The minimum atomic E-state index is -4.21. The van der Waals surface area contributed by atoms with Crippen LogP contribution in [0.4, 0.5) is 0 Å². The first kappa shape index (κ1) is 22.4. The molecule has 0 aliphatic carbocycles. The summed E-state index contributed by atoms with van der Waals surface area (Å²) in [6, 6.07) is 0. The summed E-state index contributed by atoms with van der Waals surface area (Å²) in [7, 11) is -0.374. The van der Waals surface area contributed by atoms with E-state index in [-0.39, 0.29) is 13.2 Å². The third-order valence-electron chi connectivity index (χ3n) is 3.56. The van der Waals surface area contributed by atoms with Crippen LogP contribution >= 0.6 is 7.82 Å². The van der Waals surface area contributed by atoms with E-state index in [1.54, 1.807) is 0 Å². The van der Waals surface area contributed by atoms with Gasteiger partial charge in [0, 0.05) is 4.91 Å². The molecule has 0 rings (SSSR count). The highest BCUT2D eigenvalue weighted by atomic mass is 31.2. The number of phosphoric acid groups is 1. The fourth-order valence-corrected chi connectivity index (χ4v) is 2.70. The Bertz CT molecular complexity index is 400. The maximum atomic E-state index is 11.6. The van der Waals surface area contributed by atoms with Crippen LogP contribution in [-0.2, 0) is 13.6 Å². The molecule has 0 fully saturated rings. The first-order valence-electron chi connectivity index (χ1n) is 8.26. The van der Waals surface area contributed by atoms with E-state index in [0.29, 0.717) is 24.1 Å². The number of unbranched alkanes of at least 4 members (excludes halogenated alkanes) is 5. The van der Waals surface area contributed by atoms with Crippen molar-refractivity contribution in [3.05, 3.63) is 10.4 Å². The molecule has 0 saturated heterocycles. The quantitative estimate of drug-likeness (QED) is 0.113. The number of nitrogens with zero attached hydrogens (tertiary/aromatic N) is 4. The summed E-state index contributed by atoms with van der Waals surface area (Å²) in [5, 5.41) is 3.47. The number of hydrogen-bond acceptors (Lipinski definition) is 5. The molecule has 8 nitrogen and oxygen atoms in total. The van der Waals surface area contributed by atoms with E-state index in [9.17, 15) is 9.46 Å². The summed E-state index contributed by atoms with van der Waals surface area (Å²) < 4.78 is 21.9. The fourth-order valence-electron chi connectivity index (χ4n) is 1.97. The average Bonchev–Trinajstić information content (AvgIpc) is 2.46. The summed E-state index contributed by atoms with van der Waals surface area (Å²) in [5.41, 5.74) is 8.24. The molecular formula is C14H31N4O4P. The average molecular weight is 350 g/mol. The van der Waals surface area contributed by atoms with Crippen LogP contribution in [0.3, 0.4) is 0 Å². The minimum absolute atomic E-state index is 0.0561. The van der Waals surface area contributed by atoms with E-state index in [2.05, 4.69) is 16.9 Å². The lowest BCUT2D eigenvalue weighted by molar-refractivity contribution is -0.888. The van der Waals surface area contributed by atoms with E-state index in [1.165, 1.54) is 19.3 Å². The summed E-state index contributed by atoms with van der Waals surface area (Å²) >= 11 is 0. The minimum Gasteiger partial charge on any atom is -0.756 e. The van der Waals surface area contributed by atoms with E-state index >= 15 is 0 Å². The Labute approximate surface area is 139 Å². The molecule has 0 bridgehead atoms. The number of quaternary nitrogens is 1. The molecule has 136 valence electrons. The van der Waals surface area contributed by atoms with Crippen LogP contribution in [0.15, 0.2) is 5.11 Å². The van der Waals surface area contributed by atoms with E-state index in [1.807, 2.05) is 14.1 Å². The van der Waals surface area contributed by atoms with Gasteiger partial charge in [0.15, 0.2) is 0 Å². The number of rotatable bonds is 15. The lowest BCUT2D eigenvalue weighted by atomic mass is 10.1. The molecule has 0 aliphatic rings. The maximum Gasteiger partial charge on any atom is 0.268 e. The van der Waals surface area contributed by atoms with Crippen LogP contribution in [0.2, 0.25) is 0 Å². The lowest BCUT2D eigenvalue weighted by Gasteiger charge is -2.30. The summed E-state index contributed by atoms with van der Waals surface area (Å²) in [6.45, 7) is 3.88. The van der Waals surface area contributed by atoms with Crippen molar-refractivity contribution in [2.24, 2.45) is 5.11 Å². The van der Waals surface area contributed by atoms with Gasteiger partial charge in [-0.25, -0.2) is 0 Å². The molecular weight excluding hydrogens is 319 g/mol. The first-order valence-corrected chi connectivity index (χ1v) is 9.72. The second-order valence-corrected chi connectivity index (χ2v) is 7.63. The second kappa shape index (κ2) is 12.8. The Hall–Kier alpha value is -0.620. The van der Waals surface area contributed by atoms with E-state index < -0.39 is 7.82 Å². The zero-order chi connectivity index (χ0) is 17.6. The Morgan fingerprint density at radius 3 is 2.35 bits per heavy atom. The van der Waals surface area contributed by atoms with E-state index in [0.717, 1.165) is 19.3 Å². The third kappa shape index (κ3) is 14.7. The number of likely N-dealkylation sites (N-methyl/N-ethyl adjacent to an activating group) is 1. The predicted octanol–water partition coefficient (Wildman–Crippen LogP) is 3.24. The molecule has 1 unspecified atom stereocenters. The molecule has 0 amide bonds. The maximum absolute atomic E-state index is 11.6. The lowest BCUT2D eigenvalue weighted by Crippen LogP contribution is -2.44. The molecule has 0 saturated carbocycles. The Morgan fingerprint density at radius 2 is 1.70 bits per heavy atom.